The molecule has 3 rings (SSSR count). The van der Waals surface area contributed by atoms with Crippen molar-refractivity contribution >= 4 is 33.2 Å². The first-order valence-corrected chi connectivity index (χ1v) is 10.1. The Balaban J connectivity index is 1.70. The quantitative estimate of drug-likeness (QED) is 0.808. The van der Waals surface area contributed by atoms with Crippen LogP contribution in [-0.2, 0) is 17.1 Å². The summed E-state index contributed by atoms with van der Waals surface area (Å²) in [4.78, 5) is 25.1. The molecule has 11 heteroatoms. The highest BCUT2D eigenvalue weighted by atomic mass is 32.2. The van der Waals surface area contributed by atoms with E-state index in [4.69, 9.17) is 5.11 Å². The molecule has 0 atom stereocenters. The molecule has 9 nitrogen and oxygen atoms in total. The maximum Gasteiger partial charge on any atom is 0.336 e. The van der Waals surface area contributed by atoms with Crippen LogP contribution < -0.4 is 0 Å². The van der Waals surface area contributed by atoms with Gasteiger partial charge in [-0.2, -0.15) is 9.40 Å². The van der Waals surface area contributed by atoms with Crippen molar-refractivity contribution in [3.8, 4) is 0 Å². The summed E-state index contributed by atoms with van der Waals surface area (Å²) in [5.41, 5.74) is 1.15. The second-order valence-electron chi connectivity index (χ2n) is 5.95. The van der Waals surface area contributed by atoms with Crippen LogP contribution in [0, 0.1) is 6.92 Å². The van der Waals surface area contributed by atoms with Crippen molar-refractivity contribution in [2.45, 2.75) is 11.1 Å². The number of hydrogen-bond acceptors (Lipinski definition) is 6. The number of carboxylic acids is 1. The molecule has 3 heterocycles. The topological polar surface area (TPSA) is 113 Å². The number of carboxylic acid groups (broad SMARTS) is 1. The average Bonchev–Trinajstić information content (AvgIpc) is 3.21. The third-order valence-electron chi connectivity index (χ3n) is 4.16. The molecule has 1 fully saturated rings. The number of piperazine rings is 1. The summed E-state index contributed by atoms with van der Waals surface area (Å²) >= 11 is 0.885. The van der Waals surface area contributed by atoms with Gasteiger partial charge < -0.3 is 10.0 Å². The van der Waals surface area contributed by atoms with E-state index in [1.54, 1.807) is 24.9 Å². The van der Waals surface area contributed by atoms with Gasteiger partial charge >= 0.3 is 5.97 Å². The summed E-state index contributed by atoms with van der Waals surface area (Å²) in [7, 11) is -2.07. The number of carbonyl (C=O) groups excluding carboxylic acids is 1. The van der Waals surface area contributed by atoms with Crippen LogP contribution >= 0.6 is 11.3 Å². The highest BCUT2D eigenvalue weighted by Crippen LogP contribution is 2.25. The molecule has 0 aromatic carbocycles. The predicted molar refractivity (Wildman–Crippen MR) is 93.9 cm³/mol. The number of aromatic carboxylic acids is 1. The lowest BCUT2D eigenvalue weighted by atomic mass is 10.3. The van der Waals surface area contributed by atoms with Crippen molar-refractivity contribution in [2.75, 3.05) is 26.2 Å². The van der Waals surface area contributed by atoms with Crippen molar-refractivity contribution in [3.63, 3.8) is 0 Å². The van der Waals surface area contributed by atoms with Crippen LogP contribution in [0.2, 0.25) is 0 Å². The molecule has 1 aliphatic heterocycles. The minimum absolute atomic E-state index is 0.00284. The Hall–Kier alpha value is -2.24. The van der Waals surface area contributed by atoms with E-state index in [2.05, 4.69) is 5.10 Å². The molecular formula is C15H18N4O5S2. The number of nitrogens with zero attached hydrogens (tertiary/aromatic N) is 4. The normalized spacial score (nSPS) is 16.0. The number of rotatable bonds is 4. The lowest BCUT2D eigenvalue weighted by Crippen LogP contribution is -2.50. The minimum atomic E-state index is -3.76. The van der Waals surface area contributed by atoms with Gasteiger partial charge in [0.1, 0.15) is 9.90 Å². The number of hydrogen-bond donors (Lipinski definition) is 1. The lowest BCUT2D eigenvalue weighted by molar-refractivity contribution is 0.0681. The molecule has 0 unspecified atom stereocenters. The molecular weight excluding hydrogens is 380 g/mol. The second-order valence-corrected chi connectivity index (χ2v) is 9.03. The van der Waals surface area contributed by atoms with E-state index in [0.717, 1.165) is 23.1 Å². The molecule has 2 aromatic rings. The zero-order valence-corrected chi connectivity index (χ0v) is 15.9. The van der Waals surface area contributed by atoms with Crippen LogP contribution in [0.25, 0.3) is 0 Å². The molecule has 2 aromatic heterocycles. The third kappa shape index (κ3) is 3.37. The lowest BCUT2D eigenvalue weighted by Gasteiger charge is -2.33. The molecule has 0 radical (unpaired) electrons. The molecule has 1 amide bonds. The highest BCUT2D eigenvalue weighted by molar-refractivity contribution is 7.91. The van der Waals surface area contributed by atoms with E-state index >= 15 is 0 Å². The fourth-order valence-corrected chi connectivity index (χ4v) is 5.52. The predicted octanol–water partition coefficient (Wildman–Crippen LogP) is 0.635. The molecule has 0 spiro atoms. The zero-order valence-electron chi connectivity index (χ0n) is 14.2. The van der Waals surface area contributed by atoms with Gasteiger partial charge in [0.05, 0.1) is 11.3 Å². The van der Waals surface area contributed by atoms with E-state index in [0.29, 0.717) is 5.69 Å². The minimum Gasteiger partial charge on any atom is -0.478 e. The molecule has 26 heavy (non-hydrogen) atoms. The van der Waals surface area contributed by atoms with Gasteiger partial charge in [-0.15, -0.1) is 11.3 Å². The first-order chi connectivity index (χ1) is 12.2. The highest BCUT2D eigenvalue weighted by Gasteiger charge is 2.32. The number of aromatic nitrogens is 2. The van der Waals surface area contributed by atoms with Gasteiger partial charge in [0, 0.05) is 38.6 Å². The van der Waals surface area contributed by atoms with E-state index in [1.165, 1.54) is 14.4 Å². The zero-order chi connectivity index (χ0) is 19.1. The molecule has 1 aliphatic rings. The van der Waals surface area contributed by atoms with Crippen molar-refractivity contribution in [3.05, 3.63) is 34.5 Å². The molecule has 0 bridgehead atoms. The molecule has 1 N–H and O–H groups in total. The van der Waals surface area contributed by atoms with Gasteiger partial charge in [-0.3, -0.25) is 9.48 Å². The summed E-state index contributed by atoms with van der Waals surface area (Å²) in [6.07, 6.45) is 0. The maximum absolute atomic E-state index is 12.7. The van der Waals surface area contributed by atoms with Crippen LogP contribution in [0.3, 0.4) is 0 Å². The summed E-state index contributed by atoms with van der Waals surface area (Å²) in [5.74, 6) is -1.35. The van der Waals surface area contributed by atoms with Crippen molar-refractivity contribution in [1.82, 2.24) is 19.0 Å². The Bertz CT molecular complexity index is 955. The van der Waals surface area contributed by atoms with Gasteiger partial charge in [-0.05, 0) is 19.1 Å². The first kappa shape index (κ1) is 18.5. The van der Waals surface area contributed by atoms with Crippen LogP contribution in [-0.4, -0.2) is 70.6 Å². The number of aryl methyl sites for hydroxylation is 2. The molecule has 0 saturated carbocycles. The number of sulfonamides is 1. The Morgan fingerprint density at radius 1 is 1.19 bits per heavy atom. The van der Waals surface area contributed by atoms with Gasteiger partial charge in [-0.25, -0.2) is 13.2 Å². The van der Waals surface area contributed by atoms with Crippen molar-refractivity contribution in [2.24, 2.45) is 7.05 Å². The fraction of sp³-hybridized carbons (Fsp3) is 0.400. The van der Waals surface area contributed by atoms with E-state index in [1.807, 2.05) is 0 Å². The van der Waals surface area contributed by atoms with E-state index in [9.17, 15) is 18.0 Å². The Kier molecular flexibility index (Phi) is 4.86. The smallest absolute Gasteiger partial charge is 0.336 e. The fourth-order valence-electron chi connectivity index (χ4n) is 2.80. The van der Waals surface area contributed by atoms with Gasteiger partial charge in [-0.1, -0.05) is 0 Å². The van der Waals surface area contributed by atoms with Gasteiger partial charge in [0.15, 0.2) is 0 Å². The SMILES string of the molecule is Cc1cc(C(=O)N2CCN(S(=O)(=O)c3cc(C(=O)O)cs3)CC2)n(C)n1. The van der Waals surface area contributed by atoms with Crippen LogP contribution in [0.4, 0.5) is 0 Å². The van der Waals surface area contributed by atoms with Crippen molar-refractivity contribution in [1.29, 1.82) is 0 Å². The first-order valence-electron chi connectivity index (χ1n) is 7.82. The Morgan fingerprint density at radius 2 is 1.85 bits per heavy atom. The molecule has 140 valence electrons. The Labute approximate surface area is 154 Å². The van der Waals surface area contributed by atoms with E-state index in [-0.39, 0.29) is 41.9 Å². The number of amides is 1. The van der Waals surface area contributed by atoms with Crippen LogP contribution in [0.15, 0.2) is 21.7 Å². The van der Waals surface area contributed by atoms with Gasteiger partial charge in [0.2, 0.25) is 0 Å². The summed E-state index contributed by atoms with van der Waals surface area (Å²) in [6.45, 7) is 2.64. The summed E-state index contributed by atoms with van der Waals surface area (Å²) < 4.78 is 28.1. The largest absolute Gasteiger partial charge is 0.478 e. The monoisotopic (exact) mass is 398 g/mol. The number of thiophene rings is 1. The van der Waals surface area contributed by atoms with Crippen LogP contribution in [0.1, 0.15) is 26.5 Å². The Morgan fingerprint density at radius 3 is 2.35 bits per heavy atom. The second kappa shape index (κ2) is 6.82. The summed E-state index contributed by atoms with van der Waals surface area (Å²) in [6, 6.07) is 2.86. The summed E-state index contributed by atoms with van der Waals surface area (Å²) in [5, 5.41) is 14.4. The molecule has 0 aliphatic carbocycles. The number of carbonyl (C=O) groups is 2. The van der Waals surface area contributed by atoms with Crippen molar-refractivity contribution < 1.29 is 23.1 Å². The molecule has 1 saturated heterocycles. The van der Waals surface area contributed by atoms with Crippen LogP contribution in [0.5, 0.6) is 0 Å². The maximum atomic E-state index is 12.7. The third-order valence-corrected chi connectivity index (χ3v) is 7.48. The average molecular weight is 398 g/mol. The van der Waals surface area contributed by atoms with E-state index < -0.39 is 16.0 Å². The van der Waals surface area contributed by atoms with Gasteiger partial charge in [0.25, 0.3) is 15.9 Å². The standard InChI is InChI=1S/C15H18N4O5S2/c1-10-7-12(17(2)16-10)14(20)18-3-5-19(6-4-18)26(23,24)13-8-11(9-25-13)15(21)22/h7-9H,3-6H2,1-2H3,(H,21,22).